The van der Waals surface area contributed by atoms with Gasteiger partial charge in [-0.2, -0.15) is 8.78 Å². The molecule has 0 radical (unpaired) electrons. The van der Waals surface area contributed by atoms with Gasteiger partial charge in [-0.05, 0) is 55.7 Å². The zero-order chi connectivity index (χ0) is 46.2. The van der Waals surface area contributed by atoms with Gasteiger partial charge >= 0.3 is 52.8 Å². The van der Waals surface area contributed by atoms with Crippen molar-refractivity contribution in [3.05, 3.63) is 133 Å². The Morgan fingerprint density at radius 1 is 0.820 bits per heavy atom. The SMILES string of the molecule is CC(=O)OCCCn1c(=O)c([N+](=O)[O-])c(/C=C/c2cccc(OC(F)(F)F)c2)n(C)c1=O.CCCCn1c(=O)c([N+](=O)[O-])c(C)n(C)c1=O.O=Cc1cccc(OC(F)F)c1. The third-order valence-corrected chi connectivity index (χ3v) is 8.06. The van der Waals surface area contributed by atoms with Gasteiger partial charge in [0.15, 0.2) is 0 Å². The molecule has 0 spiro atoms. The van der Waals surface area contributed by atoms with Crippen molar-refractivity contribution in [2.45, 2.75) is 66.1 Å². The number of hydrogen-bond acceptors (Lipinski definition) is 13. The monoisotopic (exact) mass is 870 g/mol. The zero-order valence-corrected chi connectivity index (χ0v) is 33.1. The van der Waals surface area contributed by atoms with Crippen molar-refractivity contribution in [1.82, 2.24) is 18.3 Å². The predicted octanol–water partition coefficient (Wildman–Crippen LogP) is 5.14. The molecule has 0 saturated carbocycles. The molecule has 0 aliphatic rings. The maximum absolute atomic E-state index is 12.6. The lowest BCUT2D eigenvalue weighted by molar-refractivity contribution is -0.387. The van der Waals surface area contributed by atoms with E-state index in [2.05, 4.69) is 9.47 Å². The van der Waals surface area contributed by atoms with E-state index in [1.54, 1.807) is 0 Å². The van der Waals surface area contributed by atoms with Crippen LogP contribution in [0.3, 0.4) is 0 Å². The van der Waals surface area contributed by atoms with Gasteiger partial charge < -0.3 is 14.2 Å². The molecule has 0 saturated heterocycles. The van der Waals surface area contributed by atoms with E-state index in [1.807, 2.05) is 6.92 Å². The number of halogens is 5. The van der Waals surface area contributed by atoms with Crippen molar-refractivity contribution in [2.75, 3.05) is 6.61 Å². The van der Waals surface area contributed by atoms with Gasteiger partial charge in [-0.15, -0.1) is 13.2 Å². The molecule has 0 aliphatic heterocycles. The largest absolute Gasteiger partial charge is 0.573 e. The topological polar surface area (TPSA) is 236 Å². The number of hydrogen-bond donors (Lipinski definition) is 0. The minimum Gasteiger partial charge on any atom is -0.466 e. The van der Waals surface area contributed by atoms with Gasteiger partial charge in [0, 0.05) is 39.7 Å². The zero-order valence-electron chi connectivity index (χ0n) is 33.1. The van der Waals surface area contributed by atoms with Crippen molar-refractivity contribution in [1.29, 1.82) is 0 Å². The summed E-state index contributed by atoms with van der Waals surface area (Å²) in [5, 5.41) is 22.3. The molecule has 19 nitrogen and oxygen atoms in total. The van der Waals surface area contributed by atoms with Crippen LogP contribution >= 0.6 is 0 Å². The molecular weight excluding hydrogens is 831 g/mol. The molecule has 4 aromatic rings. The smallest absolute Gasteiger partial charge is 0.466 e. The fraction of sp³-hybridized carbons (Fsp3) is 0.351. The van der Waals surface area contributed by atoms with E-state index in [0.717, 1.165) is 38.3 Å². The second-order valence-corrected chi connectivity index (χ2v) is 12.3. The molecule has 24 heteroatoms. The minimum atomic E-state index is -4.90. The number of aromatic nitrogens is 4. The number of nitro groups is 2. The molecule has 330 valence electrons. The van der Waals surface area contributed by atoms with Gasteiger partial charge in [-0.3, -0.25) is 57.7 Å². The number of nitrogens with zero attached hydrogens (tertiary/aromatic N) is 6. The quantitative estimate of drug-likeness (QED) is 0.0376. The van der Waals surface area contributed by atoms with Crippen LogP contribution in [-0.4, -0.2) is 60.0 Å². The average Bonchev–Trinajstić information content (AvgIpc) is 3.17. The Morgan fingerprint density at radius 2 is 1.34 bits per heavy atom. The highest BCUT2D eigenvalue weighted by Crippen LogP contribution is 2.24. The standard InChI is InChI=1S/C19H18F3N3O7.C10H15N3O4.C8H6F2O2/c1-12(26)31-10-4-9-24-17(27)16(25(29)30)15(23(2)18(24)28)8-7-13-5-3-6-14(11-13)32-19(20,21)22;1-4-5-6-12-9(14)8(13(16)17)7(2)11(3)10(12)15;9-8(10)12-7-3-1-2-6(4-7)5-11/h3,5-8,11H,4,9-10H2,1-2H3;4-6H2,1-3H3;1-5,8H/b8-7+;;. The molecule has 0 bridgehead atoms. The lowest BCUT2D eigenvalue weighted by Gasteiger charge is -2.11. The fourth-order valence-electron chi connectivity index (χ4n) is 5.10. The predicted molar refractivity (Wildman–Crippen MR) is 207 cm³/mol. The summed E-state index contributed by atoms with van der Waals surface area (Å²) in [7, 11) is 2.63. The van der Waals surface area contributed by atoms with Gasteiger partial charge in [-0.1, -0.05) is 43.7 Å². The maximum atomic E-state index is 12.6. The number of alkyl halides is 5. The van der Waals surface area contributed by atoms with Gasteiger partial charge in [-0.25, -0.2) is 9.59 Å². The fourth-order valence-corrected chi connectivity index (χ4v) is 5.10. The summed E-state index contributed by atoms with van der Waals surface area (Å²) in [6.45, 7) is 1.54. The van der Waals surface area contributed by atoms with Gasteiger partial charge in [0.05, 0.1) is 16.5 Å². The van der Waals surface area contributed by atoms with Crippen LogP contribution in [0.1, 0.15) is 60.4 Å². The number of carbonyl (C=O) groups excluding carboxylic acids is 2. The van der Waals surface area contributed by atoms with Crippen LogP contribution in [0, 0.1) is 27.2 Å². The first-order valence-corrected chi connectivity index (χ1v) is 17.6. The Bertz CT molecular complexity index is 2490. The highest BCUT2D eigenvalue weighted by Gasteiger charge is 2.31. The Morgan fingerprint density at radius 3 is 1.87 bits per heavy atom. The summed E-state index contributed by atoms with van der Waals surface area (Å²) < 4.78 is 76.6. The molecule has 2 aromatic carbocycles. The van der Waals surface area contributed by atoms with Crippen LogP contribution in [0.25, 0.3) is 12.2 Å². The molecule has 0 unspecified atom stereocenters. The van der Waals surface area contributed by atoms with E-state index in [4.69, 9.17) is 4.74 Å². The van der Waals surface area contributed by atoms with Gasteiger partial charge in [0.2, 0.25) is 0 Å². The number of benzene rings is 2. The highest BCUT2D eigenvalue weighted by atomic mass is 19.4. The Kier molecular flexibility index (Phi) is 18.6. The first-order chi connectivity index (χ1) is 28.5. The number of unbranched alkanes of at least 4 members (excludes halogenated alkanes) is 1. The molecule has 61 heavy (non-hydrogen) atoms. The van der Waals surface area contributed by atoms with E-state index in [1.165, 1.54) is 70.4 Å². The van der Waals surface area contributed by atoms with Crippen molar-refractivity contribution < 1.29 is 55.6 Å². The molecule has 0 fully saturated rings. The van der Waals surface area contributed by atoms with Gasteiger partial charge in [0.25, 0.3) is 0 Å². The third-order valence-electron chi connectivity index (χ3n) is 8.06. The van der Waals surface area contributed by atoms with Crippen LogP contribution in [0.4, 0.5) is 33.3 Å². The number of ether oxygens (including phenoxy) is 3. The molecule has 0 atom stereocenters. The summed E-state index contributed by atoms with van der Waals surface area (Å²) in [6.07, 6.45) is -0.532. The van der Waals surface area contributed by atoms with Crippen molar-refractivity contribution >= 4 is 35.8 Å². The van der Waals surface area contributed by atoms with Crippen LogP contribution in [0.15, 0.2) is 67.7 Å². The van der Waals surface area contributed by atoms with Crippen LogP contribution in [-0.2, 0) is 36.7 Å². The second kappa shape index (κ2) is 22.8. The Hall–Kier alpha value is -7.27. The van der Waals surface area contributed by atoms with E-state index >= 15 is 0 Å². The van der Waals surface area contributed by atoms with E-state index < -0.39 is 68.4 Å². The molecule has 2 heterocycles. The lowest BCUT2D eigenvalue weighted by Crippen LogP contribution is -2.41. The van der Waals surface area contributed by atoms with Crippen molar-refractivity contribution in [3.63, 3.8) is 0 Å². The first-order valence-electron chi connectivity index (χ1n) is 17.6. The summed E-state index contributed by atoms with van der Waals surface area (Å²) in [4.78, 5) is 90.4. The highest BCUT2D eigenvalue weighted by molar-refractivity contribution is 5.75. The summed E-state index contributed by atoms with van der Waals surface area (Å²) >= 11 is 0. The van der Waals surface area contributed by atoms with Crippen LogP contribution in [0.2, 0.25) is 0 Å². The van der Waals surface area contributed by atoms with Crippen molar-refractivity contribution in [2.24, 2.45) is 14.1 Å². The Labute approximate surface area is 340 Å². The lowest BCUT2D eigenvalue weighted by atomic mass is 10.2. The maximum Gasteiger partial charge on any atom is 0.573 e. The van der Waals surface area contributed by atoms with E-state index in [0.29, 0.717) is 22.8 Å². The molecule has 0 aliphatic carbocycles. The first kappa shape index (κ1) is 49.9. The number of carbonyl (C=O) groups is 2. The molecule has 0 amide bonds. The van der Waals surface area contributed by atoms with Gasteiger partial charge in [0.1, 0.15) is 29.2 Å². The third kappa shape index (κ3) is 14.8. The number of esters is 1. The normalized spacial score (nSPS) is 10.9. The average molecular weight is 871 g/mol. The second-order valence-electron chi connectivity index (χ2n) is 12.3. The molecule has 2 aromatic heterocycles. The Balaban J connectivity index is 0.000000366. The molecule has 0 N–H and O–H groups in total. The number of rotatable bonds is 15. The van der Waals surface area contributed by atoms with Crippen LogP contribution in [0.5, 0.6) is 11.5 Å². The number of aldehydes is 1. The van der Waals surface area contributed by atoms with E-state index in [9.17, 15) is 70.9 Å². The van der Waals surface area contributed by atoms with E-state index in [-0.39, 0.29) is 48.8 Å². The molecular formula is C37H39F5N6O13. The summed E-state index contributed by atoms with van der Waals surface area (Å²) in [5.41, 5.74) is -4.52. The van der Waals surface area contributed by atoms with Crippen LogP contribution < -0.4 is 32.0 Å². The minimum absolute atomic E-state index is 0.00500. The summed E-state index contributed by atoms with van der Waals surface area (Å²) in [6, 6.07) is 10.4. The van der Waals surface area contributed by atoms with Crippen molar-refractivity contribution in [3.8, 4) is 11.5 Å². The molecule has 4 rings (SSSR count). The summed E-state index contributed by atoms with van der Waals surface area (Å²) in [5.74, 6) is -1.07.